The molecule has 1 aliphatic rings. The zero-order valence-electron chi connectivity index (χ0n) is 11.4. The minimum Gasteiger partial charge on any atom is -0.378 e. The number of nitrogens with two attached hydrogens (primary N) is 1. The molecule has 102 valence electrons. The predicted octanol–water partition coefficient (Wildman–Crippen LogP) is 1.06. The van der Waals surface area contributed by atoms with Crippen molar-refractivity contribution in [2.24, 2.45) is 12.9 Å². The first-order valence-electron chi connectivity index (χ1n) is 6.76. The average Bonchev–Trinajstić information content (AvgIpc) is 2.95. The van der Waals surface area contributed by atoms with Gasteiger partial charge < -0.3 is 4.74 Å². The molecule has 0 amide bonds. The summed E-state index contributed by atoms with van der Waals surface area (Å²) in [5.41, 5.74) is 5.20. The quantitative estimate of drug-likeness (QED) is 0.587. The van der Waals surface area contributed by atoms with Gasteiger partial charge in [0, 0.05) is 31.8 Å². The van der Waals surface area contributed by atoms with E-state index in [9.17, 15) is 0 Å². The minimum absolute atomic E-state index is 0.295. The maximum Gasteiger partial charge on any atom is 0.0596 e. The Morgan fingerprint density at radius 3 is 3.06 bits per heavy atom. The van der Waals surface area contributed by atoms with E-state index in [1.165, 1.54) is 18.5 Å². The first-order valence-corrected chi connectivity index (χ1v) is 6.76. The van der Waals surface area contributed by atoms with Crippen molar-refractivity contribution in [3.63, 3.8) is 0 Å². The number of hydrazine groups is 1. The Balaban J connectivity index is 1.82. The number of nitrogens with zero attached hydrogens (tertiary/aromatic N) is 2. The molecule has 0 radical (unpaired) electrons. The molecule has 3 N–H and O–H groups in total. The largest absolute Gasteiger partial charge is 0.378 e. The van der Waals surface area contributed by atoms with Gasteiger partial charge in [-0.15, -0.1) is 0 Å². The lowest BCUT2D eigenvalue weighted by atomic mass is 10.0. The van der Waals surface area contributed by atoms with Gasteiger partial charge in [0.2, 0.25) is 0 Å². The molecule has 1 aromatic heterocycles. The van der Waals surface area contributed by atoms with Gasteiger partial charge in [-0.25, -0.2) is 0 Å². The van der Waals surface area contributed by atoms with E-state index in [1.807, 2.05) is 18.7 Å². The molecule has 0 aliphatic carbocycles. The Kier molecular flexibility index (Phi) is 4.74. The Bertz CT molecular complexity index is 371. The summed E-state index contributed by atoms with van der Waals surface area (Å²) in [6.07, 6.45) is 5.89. The molecule has 0 aromatic carbocycles. The molecule has 1 fully saturated rings. The number of hydrogen-bond acceptors (Lipinski definition) is 4. The van der Waals surface area contributed by atoms with E-state index in [4.69, 9.17) is 10.6 Å². The van der Waals surface area contributed by atoms with Crippen molar-refractivity contribution in [2.45, 2.75) is 51.2 Å². The van der Waals surface area contributed by atoms with E-state index >= 15 is 0 Å². The molecule has 2 rings (SSSR count). The normalized spacial score (nSPS) is 21.4. The molecule has 2 unspecified atom stereocenters. The van der Waals surface area contributed by atoms with E-state index in [1.54, 1.807) is 0 Å². The van der Waals surface area contributed by atoms with E-state index in [2.05, 4.69) is 16.6 Å². The molecule has 2 heterocycles. The van der Waals surface area contributed by atoms with Crippen LogP contribution in [0.3, 0.4) is 0 Å². The first kappa shape index (κ1) is 13.5. The van der Waals surface area contributed by atoms with Gasteiger partial charge in [-0.3, -0.25) is 16.0 Å². The van der Waals surface area contributed by atoms with Gasteiger partial charge in [0.15, 0.2) is 0 Å². The minimum atomic E-state index is 0.295. The number of aromatic nitrogens is 2. The number of nitrogens with one attached hydrogen (secondary N) is 1. The molecule has 1 saturated heterocycles. The summed E-state index contributed by atoms with van der Waals surface area (Å²) < 4.78 is 7.58. The third kappa shape index (κ3) is 3.54. The second-order valence-corrected chi connectivity index (χ2v) is 5.18. The predicted molar refractivity (Wildman–Crippen MR) is 71.0 cm³/mol. The zero-order valence-corrected chi connectivity index (χ0v) is 11.4. The van der Waals surface area contributed by atoms with E-state index < -0.39 is 0 Å². The molecule has 1 aliphatic heterocycles. The van der Waals surface area contributed by atoms with Crippen LogP contribution in [-0.4, -0.2) is 28.5 Å². The number of aryl methyl sites for hydroxylation is 2. The van der Waals surface area contributed by atoms with Gasteiger partial charge in [-0.05, 0) is 38.7 Å². The number of ether oxygens (including phenoxy) is 1. The highest BCUT2D eigenvalue weighted by atomic mass is 16.5. The smallest absolute Gasteiger partial charge is 0.0596 e. The van der Waals surface area contributed by atoms with E-state index in [-0.39, 0.29) is 0 Å². The Morgan fingerprint density at radius 1 is 1.67 bits per heavy atom. The standard InChI is InChI=1S/C13H24N4O/c1-10-8-12(17(2)16-10)9-11(15-14)5-6-13-4-3-7-18-13/h8,11,13,15H,3-7,9,14H2,1-2H3. The summed E-state index contributed by atoms with van der Waals surface area (Å²) in [5.74, 6) is 5.64. The van der Waals surface area contributed by atoms with Crippen molar-refractivity contribution in [3.8, 4) is 0 Å². The van der Waals surface area contributed by atoms with Gasteiger partial charge in [-0.1, -0.05) is 0 Å². The summed E-state index contributed by atoms with van der Waals surface area (Å²) >= 11 is 0. The maximum atomic E-state index is 5.64. The Morgan fingerprint density at radius 2 is 2.50 bits per heavy atom. The fraction of sp³-hybridized carbons (Fsp3) is 0.769. The molecule has 18 heavy (non-hydrogen) atoms. The van der Waals surface area contributed by atoms with E-state index in [0.717, 1.165) is 31.6 Å². The molecule has 5 heteroatoms. The van der Waals surface area contributed by atoms with Gasteiger partial charge in [-0.2, -0.15) is 5.10 Å². The molecule has 5 nitrogen and oxygen atoms in total. The van der Waals surface area contributed by atoms with Gasteiger partial charge in [0.05, 0.1) is 11.8 Å². The summed E-state index contributed by atoms with van der Waals surface area (Å²) in [6.45, 7) is 2.94. The molecule has 0 spiro atoms. The molecule has 1 aromatic rings. The highest BCUT2D eigenvalue weighted by Crippen LogP contribution is 2.18. The summed E-state index contributed by atoms with van der Waals surface area (Å²) in [5, 5.41) is 4.36. The van der Waals surface area contributed by atoms with Crippen molar-refractivity contribution in [3.05, 3.63) is 17.5 Å². The van der Waals surface area contributed by atoms with E-state index in [0.29, 0.717) is 12.1 Å². The SMILES string of the molecule is Cc1cc(CC(CCC2CCCO2)NN)n(C)n1. The van der Waals surface area contributed by atoms with Crippen LogP contribution >= 0.6 is 0 Å². The van der Waals surface area contributed by atoms with Gasteiger partial charge in [0.25, 0.3) is 0 Å². The monoisotopic (exact) mass is 252 g/mol. The number of hydrogen-bond donors (Lipinski definition) is 2. The Labute approximate surface area is 109 Å². The average molecular weight is 252 g/mol. The van der Waals surface area contributed by atoms with Gasteiger partial charge >= 0.3 is 0 Å². The molecular weight excluding hydrogens is 228 g/mol. The third-order valence-electron chi connectivity index (χ3n) is 3.65. The van der Waals surface area contributed by atoms with Crippen molar-refractivity contribution in [1.29, 1.82) is 0 Å². The lowest BCUT2D eigenvalue weighted by molar-refractivity contribution is 0.0995. The Hall–Kier alpha value is -0.910. The first-order chi connectivity index (χ1) is 8.69. The van der Waals surface area contributed by atoms with Crippen molar-refractivity contribution >= 4 is 0 Å². The molecular formula is C13H24N4O. The van der Waals surface area contributed by atoms with Crippen LogP contribution in [0.5, 0.6) is 0 Å². The van der Waals surface area contributed by atoms with Crippen LogP contribution in [0.4, 0.5) is 0 Å². The van der Waals surface area contributed by atoms with Crippen LogP contribution in [-0.2, 0) is 18.2 Å². The lowest BCUT2D eigenvalue weighted by Gasteiger charge is -2.18. The summed E-state index contributed by atoms with van der Waals surface area (Å²) in [4.78, 5) is 0. The third-order valence-corrected chi connectivity index (χ3v) is 3.65. The fourth-order valence-electron chi connectivity index (χ4n) is 2.61. The van der Waals surface area contributed by atoms with Crippen molar-refractivity contribution in [1.82, 2.24) is 15.2 Å². The zero-order chi connectivity index (χ0) is 13.0. The molecule has 2 atom stereocenters. The molecule has 0 bridgehead atoms. The van der Waals surface area contributed by atoms with Crippen molar-refractivity contribution in [2.75, 3.05) is 6.61 Å². The summed E-state index contributed by atoms with van der Waals surface area (Å²) in [7, 11) is 1.98. The topological polar surface area (TPSA) is 65.1 Å². The second kappa shape index (κ2) is 6.31. The summed E-state index contributed by atoms with van der Waals surface area (Å²) in [6, 6.07) is 2.42. The van der Waals surface area contributed by atoms with Crippen LogP contribution in [0.2, 0.25) is 0 Å². The van der Waals surface area contributed by atoms with Crippen LogP contribution < -0.4 is 11.3 Å². The van der Waals surface area contributed by atoms with Crippen LogP contribution in [0, 0.1) is 6.92 Å². The molecule has 0 saturated carbocycles. The lowest BCUT2D eigenvalue weighted by Crippen LogP contribution is -2.37. The number of rotatable bonds is 6. The van der Waals surface area contributed by atoms with Crippen LogP contribution in [0.1, 0.15) is 37.1 Å². The second-order valence-electron chi connectivity index (χ2n) is 5.18. The maximum absolute atomic E-state index is 5.64. The van der Waals surface area contributed by atoms with Gasteiger partial charge in [0.1, 0.15) is 0 Å². The highest BCUT2D eigenvalue weighted by Gasteiger charge is 2.18. The van der Waals surface area contributed by atoms with Crippen LogP contribution in [0.25, 0.3) is 0 Å². The van der Waals surface area contributed by atoms with Crippen LogP contribution in [0.15, 0.2) is 6.07 Å². The highest BCUT2D eigenvalue weighted by molar-refractivity contribution is 5.10. The fourth-order valence-corrected chi connectivity index (χ4v) is 2.61. The van der Waals surface area contributed by atoms with Crippen molar-refractivity contribution < 1.29 is 4.74 Å².